The number of aromatic nitrogens is 2. The molecule has 1 N–H and O–H groups in total. The first-order valence-corrected chi connectivity index (χ1v) is 6.26. The Morgan fingerprint density at radius 1 is 1.53 bits per heavy atom. The second kappa shape index (κ2) is 6.41. The molecule has 1 heterocycles. The minimum Gasteiger partial charge on any atom is -0.337 e. The van der Waals surface area contributed by atoms with E-state index >= 15 is 0 Å². The summed E-state index contributed by atoms with van der Waals surface area (Å²) in [5.74, 6) is 0. The highest BCUT2D eigenvalue weighted by Gasteiger charge is 2.27. The van der Waals surface area contributed by atoms with Gasteiger partial charge in [-0.3, -0.25) is 5.32 Å². The predicted molar refractivity (Wildman–Crippen MR) is 68.4 cm³/mol. The molecule has 0 aliphatic heterocycles. The Morgan fingerprint density at radius 2 is 2.29 bits per heavy atom. The Bertz CT molecular complexity index is 350. The summed E-state index contributed by atoms with van der Waals surface area (Å²) >= 11 is 0. The zero-order valence-corrected chi connectivity index (χ0v) is 11.0. The zero-order chi connectivity index (χ0) is 12.7. The first-order chi connectivity index (χ1) is 8.12. The van der Waals surface area contributed by atoms with Gasteiger partial charge in [-0.15, -0.1) is 0 Å². The van der Waals surface area contributed by atoms with E-state index in [1.807, 2.05) is 17.1 Å². The van der Waals surface area contributed by atoms with Crippen molar-refractivity contribution in [1.82, 2.24) is 14.9 Å². The topological polar surface area (TPSA) is 53.6 Å². The van der Waals surface area contributed by atoms with E-state index in [-0.39, 0.29) is 5.54 Å². The third-order valence-corrected chi connectivity index (χ3v) is 2.96. The lowest BCUT2D eigenvalue weighted by molar-refractivity contribution is 0.329. The van der Waals surface area contributed by atoms with Gasteiger partial charge < -0.3 is 4.57 Å². The van der Waals surface area contributed by atoms with Crippen molar-refractivity contribution in [3.63, 3.8) is 0 Å². The molecule has 0 radical (unpaired) electrons. The van der Waals surface area contributed by atoms with Crippen molar-refractivity contribution in [2.24, 2.45) is 0 Å². The number of nitrogens with one attached hydrogen (secondary N) is 1. The van der Waals surface area contributed by atoms with Gasteiger partial charge in [0.1, 0.15) is 5.54 Å². The van der Waals surface area contributed by atoms with Crippen LogP contribution in [0.4, 0.5) is 0 Å². The summed E-state index contributed by atoms with van der Waals surface area (Å²) in [5.41, 5.74) is -0.380. The van der Waals surface area contributed by atoms with Gasteiger partial charge in [0, 0.05) is 25.0 Å². The molecule has 0 spiro atoms. The van der Waals surface area contributed by atoms with Crippen molar-refractivity contribution in [2.75, 3.05) is 0 Å². The van der Waals surface area contributed by atoms with Gasteiger partial charge in [0.05, 0.1) is 12.4 Å². The molecule has 0 amide bonds. The average Bonchev–Trinajstić information content (AvgIpc) is 2.80. The van der Waals surface area contributed by atoms with Crippen LogP contribution < -0.4 is 5.32 Å². The van der Waals surface area contributed by atoms with E-state index in [1.54, 1.807) is 6.20 Å². The van der Waals surface area contributed by atoms with E-state index in [0.717, 1.165) is 25.8 Å². The molecule has 0 saturated carbocycles. The number of nitriles is 1. The normalized spacial score (nSPS) is 14.5. The molecule has 0 fully saturated rings. The van der Waals surface area contributed by atoms with Crippen molar-refractivity contribution in [3.05, 3.63) is 18.7 Å². The summed E-state index contributed by atoms with van der Waals surface area (Å²) in [5, 5.41) is 12.7. The summed E-state index contributed by atoms with van der Waals surface area (Å²) in [6, 6.07) is 2.78. The highest BCUT2D eigenvalue weighted by molar-refractivity contribution is 5.06. The molecule has 17 heavy (non-hydrogen) atoms. The lowest BCUT2D eigenvalue weighted by Gasteiger charge is -2.29. The van der Waals surface area contributed by atoms with Crippen LogP contribution in [0.25, 0.3) is 0 Å². The molecule has 1 rings (SSSR count). The van der Waals surface area contributed by atoms with Gasteiger partial charge in [-0.2, -0.15) is 5.26 Å². The number of aryl methyl sites for hydroxylation is 1. The fraction of sp³-hybridized carbons (Fsp3) is 0.692. The second-order valence-corrected chi connectivity index (χ2v) is 4.75. The number of nitrogens with zero attached hydrogens (tertiary/aromatic N) is 3. The van der Waals surface area contributed by atoms with Gasteiger partial charge in [-0.05, 0) is 33.1 Å². The van der Waals surface area contributed by atoms with E-state index < -0.39 is 0 Å². The maximum atomic E-state index is 9.35. The monoisotopic (exact) mass is 234 g/mol. The molecule has 1 aromatic heterocycles. The Labute approximate surface area is 104 Å². The highest BCUT2D eigenvalue weighted by atomic mass is 15.0. The number of hydrogen-bond donors (Lipinski definition) is 1. The molecule has 0 bridgehead atoms. The van der Waals surface area contributed by atoms with Gasteiger partial charge in [-0.1, -0.05) is 6.92 Å². The highest BCUT2D eigenvalue weighted by Crippen LogP contribution is 2.18. The second-order valence-electron chi connectivity index (χ2n) is 4.75. The zero-order valence-electron chi connectivity index (χ0n) is 11.0. The molecule has 1 unspecified atom stereocenters. The van der Waals surface area contributed by atoms with Crippen LogP contribution in [0.2, 0.25) is 0 Å². The average molecular weight is 234 g/mol. The molecular formula is C13H22N4. The Morgan fingerprint density at radius 3 is 2.76 bits per heavy atom. The molecule has 4 nitrogen and oxygen atoms in total. The van der Waals surface area contributed by atoms with Crippen LogP contribution in [0.1, 0.15) is 40.0 Å². The van der Waals surface area contributed by atoms with Crippen LogP contribution in [-0.4, -0.2) is 21.1 Å². The third-order valence-electron chi connectivity index (χ3n) is 2.96. The molecule has 0 aliphatic carbocycles. The van der Waals surface area contributed by atoms with Gasteiger partial charge in [0.25, 0.3) is 0 Å². The Kier molecular flexibility index (Phi) is 5.17. The van der Waals surface area contributed by atoms with Crippen molar-refractivity contribution in [1.29, 1.82) is 5.26 Å². The van der Waals surface area contributed by atoms with E-state index in [2.05, 4.69) is 37.1 Å². The first kappa shape index (κ1) is 13.7. The van der Waals surface area contributed by atoms with E-state index in [4.69, 9.17) is 0 Å². The lowest BCUT2D eigenvalue weighted by Crippen LogP contribution is -2.47. The first-order valence-electron chi connectivity index (χ1n) is 6.26. The molecule has 1 aromatic rings. The van der Waals surface area contributed by atoms with Gasteiger partial charge in [-0.25, -0.2) is 4.98 Å². The summed E-state index contributed by atoms with van der Waals surface area (Å²) in [6.07, 6.45) is 8.24. The quantitative estimate of drug-likeness (QED) is 0.787. The third kappa shape index (κ3) is 4.20. The minimum atomic E-state index is -0.380. The van der Waals surface area contributed by atoms with Crippen molar-refractivity contribution >= 4 is 0 Å². The molecule has 0 aromatic carbocycles. The fourth-order valence-corrected chi connectivity index (χ4v) is 2.05. The number of hydrogen-bond acceptors (Lipinski definition) is 3. The predicted octanol–water partition coefficient (Wildman–Crippen LogP) is 2.33. The van der Waals surface area contributed by atoms with Crippen LogP contribution in [0.5, 0.6) is 0 Å². The molecule has 1 atom stereocenters. The van der Waals surface area contributed by atoms with Crippen molar-refractivity contribution in [3.8, 4) is 6.07 Å². The summed E-state index contributed by atoms with van der Waals surface area (Å²) in [4.78, 5) is 4.01. The summed E-state index contributed by atoms with van der Waals surface area (Å²) in [6.45, 7) is 7.15. The number of rotatable bonds is 7. The van der Waals surface area contributed by atoms with Crippen molar-refractivity contribution < 1.29 is 0 Å². The number of imidazole rings is 1. The van der Waals surface area contributed by atoms with E-state index in [0.29, 0.717) is 6.04 Å². The van der Waals surface area contributed by atoms with Gasteiger partial charge in [0.2, 0.25) is 0 Å². The van der Waals surface area contributed by atoms with Crippen LogP contribution >= 0.6 is 0 Å². The molecular weight excluding hydrogens is 212 g/mol. The Hall–Kier alpha value is -1.34. The van der Waals surface area contributed by atoms with E-state index in [1.165, 1.54) is 0 Å². The Balaban J connectivity index is 2.47. The smallest absolute Gasteiger partial charge is 0.106 e. The van der Waals surface area contributed by atoms with Gasteiger partial charge >= 0.3 is 0 Å². The van der Waals surface area contributed by atoms with Gasteiger partial charge in [0.15, 0.2) is 0 Å². The van der Waals surface area contributed by atoms with E-state index in [9.17, 15) is 5.26 Å². The summed E-state index contributed by atoms with van der Waals surface area (Å²) < 4.78 is 2.05. The molecule has 4 heteroatoms. The maximum Gasteiger partial charge on any atom is 0.106 e. The molecule has 0 aliphatic rings. The standard InChI is InChI=1S/C13H22N4/c1-4-13(10-14,16-12(2)3)6-5-8-17-9-7-15-11-17/h7,9,11-12,16H,4-6,8H2,1-3H3. The maximum absolute atomic E-state index is 9.35. The van der Waals surface area contributed by atoms with Crippen LogP contribution in [0.15, 0.2) is 18.7 Å². The van der Waals surface area contributed by atoms with Crippen LogP contribution in [-0.2, 0) is 6.54 Å². The largest absolute Gasteiger partial charge is 0.337 e. The SMILES string of the molecule is CCC(C#N)(CCCn1ccnc1)NC(C)C. The van der Waals surface area contributed by atoms with Crippen LogP contribution in [0.3, 0.4) is 0 Å². The molecule has 0 saturated heterocycles. The fourth-order valence-electron chi connectivity index (χ4n) is 2.05. The van der Waals surface area contributed by atoms with Crippen LogP contribution in [0, 0.1) is 11.3 Å². The van der Waals surface area contributed by atoms with Crippen molar-refractivity contribution in [2.45, 2.75) is 58.2 Å². The molecule has 94 valence electrons. The lowest BCUT2D eigenvalue weighted by atomic mass is 9.91. The minimum absolute atomic E-state index is 0.336. The summed E-state index contributed by atoms with van der Waals surface area (Å²) in [7, 11) is 0.